The molecule has 0 bridgehead atoms. The lowest BCUT2D eigenvalue weighted by Crippen LogP contribution is -2.44. The van der Waals surface area contributed by atoms with Gasteiger partial charge in [0.1, 0.15) is 0 Å². The lowest BCUT2D eigenvalue weighted by Gasteiger charge is -2.31. The largest absolute Gasteiger partial charge is 0.314 e. The minimum atomic E-state index is 0.272. The van der Waals surface area contributed by atoms with Gasteiger partial charge < -0.3 is 10.6 Å². The van der Waals surface area contributed by atoms with Gasteiger partial charge in [-0.1, -0.05) is 0 Å². The highest BCUT2D eigenvalue weighted by Gasteiger charge is 2.19. The first kappa shape index (κ1) is 11.0. The maximum Gasteiger partial charge on any atom is 0.00966 e. The van der Waals surface area contributed by atoms with Gasteiger partial charge in [-0.15, -0.1) is 0 Å². The quantitative estimate of drug-likeness (QED) is 0.683. The maximum absolute atomic E-state index is 3.58. The second kappa shape index (κ2) is 4.43. The molecular weight excluding hydrogens is 160 g/mol. The van der Waals surface area contributed by atoms with E-state index in [2.05, 4.69) is 38.3 Å². The molecule has 13 heavy (non-hydrogen) atoms. The summed E-state index contributed by atoms with van der Waals surface area (Å²) >= 11 is 0. The molecule has 1 aliphatic rings. The van der Waals surface area contributed by atoms with Crippen molar-refractivity contribution in [3.63, 3.8) is 0 Å². The van der Waals surface area contributed by atoms with E-state index in [0.29, 0.717) is 6.04 Å². The highest BCUT2D eigenvalue weighted by atomic mass is 15.0. The van der Waals surface area contributed by atoms with E-state index in [4.69, 9.17) is 0 Å². The monoisotopic (exact) mass is 184 g/mol. The first-order valence-corrected chi connectivity index (χ1v) is 5.46. The summed E-state index contributed by atoms with van der Waals surface area (Å²) in [6, 6.07) is 0.709. The lowest BCUT2D eigenvalue weighted by atomic mass is 9.92. The smallest absolute Gasteiger partial charge is 0.00966 e. The molecule has 1 rings (SSSR count). The average molecular weight is 184 g/mol. The van der Waals surface area contributed by atoms with E-state index in [-0.39, 0.29) is 5.54 Å². The second-order valence-electron chi connectivity index (χ2n) is 5.38. The molecule has 1 saturated heterocycles. The van der Waals surface area contributed by atoms with E-state index < -0.39 is 0 Å². The highest BCUT2D eigenvalue weighted by molar-refractivity contribution is 4.79. The van der Waals surface area contributed by atoms with Crippen molar-refractivity contribution in [2.75, 3.05) is 13.1 Å². The van der Waals surface area contributed by atoms with Crippen molar-refractivity contribution >= 4 is 0 Å². The Balaban J connectivity index is 2.21. The molecule has 2 heteroatoms. The molecule has 0 spiro atoms. The number of hydrogen-bond acceptors (Lipinski definition) is 2. The van der Waals surface area contributed by atoms with Crippen molar-refractivity contribution < 1.29 is 0 Å². The van der Waals surface area contributed by atoms with Gasteiger partial charge in [0.2, 0.25) is 0 Å². The van der Waals surface area contributed by atoms with Crippen LogP contribution < -0.4 is 10.6 Å². The summed E-state index contributed by atoms with van der Waals surface area (Å²) in [5.74, 6) is 0.871. The molecule has 78 valence electrons. The van der Waals surface area contributed by atoms with Crippen molar-refractivity contribution in [3.8, 4) is 0 Å². The molecule has 0 amide bonds. The SMILES string of the molecule is CC1CC(CNC(C)(C)C)CCN1. The van der Waals surface area contributed by atoms with Crippen LogP contribution >= 0.6 is 0 Å². The molecule has 2 atom stereocenters. The van der Waals surface area contributed by atoms with E-state index in [1.165, 1.54) is 25.9 Å². The fourth-order valence-electron chi connectivity index (χ4n) is 1.87. The molecule has 2 N–H and O–H groups in total. The molecule has 0 aromatic rings. The summed E-state index contributed by atoms with van der Waals surface area (Å²) in [6.45, 7) is 11.4. The Morgan fingerprint density at radius 2 is 2.08 bits per heavy atom. The van der Waals surface area contributed by atoms with Crippen LogP contribution in [0.15, 0.2) is 0 Å². The molecule has 2 unspecified atom stereocenters. The molecule has 1 heterocycles. The summed E-state index contributed by atoms with van der Waals surface area (Å²) in [6.07, 6.45) is 2.65. The molecule has 1 fully saturated rings. The normalized spacial score (nSPS) is 30.5. The zero-order valence-corrected chi connectivity index (χ0v) is 9.48. The van der Waals surface area contributed by atoms with Gasteiger partial charge in [0.25, 0.3) is 0 Å². The van der Waals surface area contributed by atoms with E-state index in [1.807, 2.05) is 0 Å². The average Bonchev–Trinajstić information content (AvgIpc) is 2.00. The first-order valence-electron chi connectivity index (χ1n) is 5.46. The van der Waals surface area contributed by atoms with Crippen LogP contribution in [0.3, 0.4) is 0 Å². The number of nitrogens with one attached hydrogen (secondary N) is 2. The van der Waals surface area contributed by atoms with Crippen molar-refractivity contribution in [3.05, 3.63) is 0 Å². The van der Waals surface area contributed by atoms with Gasteiger partial charge in [-0.3, -0.25) is 0 Å². The van der Waals surface area contributed by atoms with Gasteiger partial charge in [-0.2, -0.15) is 0 Å². The zero-order chi connectivity index (χ0) is 9.90. The maximum atomic E-state index is 3.58. The predicted molar refractivity (Wildman–Crippen MR) is 57.9 cm³/mol. The molecular formula is C11H24N2. The Morgan fingerprint density at radius 3 is 2.62 bits per heavy atom. The van der Waals surface area contributed by atoms with E-state index in [1.54, 1.807) is 0 Å². The lowest BCUT2D eigenvalue weighted by molar-refractivity contribution is 0.279. The Bertz CT molecular complexity index is 149. The molecule has 0 saturated carbocycles. The summed E-state index contributed by atoms with van der Waals surface area (Å²) in [7, 11) is 0. The fraction of sp³-hybridized carbons (Fsp3) is 1.00. The van der Waals surface area contributed by atoms with Gasteiger partial charge in [-0.25, -0.2) is 0 Å². The van der Waals surface area contributed by atoms with Gasteiger partial charge in [0, 0.05) is 11.6 Å². The fourth-order valence-corrected chi connectivity index (χ4v) is 1.87. The van der Waals surface area contributed by atoms with Crippen molar-refractivity contribution in [1.82, 2.24) is 10.6 Å². The van der Waals surface area contributed by atoms with Gasteiger partial charge in [-0.05, 0) is 59.5 Å². The van der Waals surface area contributed by atoms with E-state index in [9.17, 15) is 0 Å². The number of hydrogen-bond donors (Lipinski definition) is 2. The molecule has 0 aromatic heterocycles. The minimum absolute atomic E-state index is 0.272. The highest BCUT2D eigenvalue weighted by Crippen LogP contribution is 2.15. The summed E-state index contributed by atoms with van der Waals surface area (Å²) in [5.41, 5.74) is 0.272. The third-order valence-electron chi connectivity index (χ3n) is 2.65. The Morgan fingerprint density at radius 1 is 1.38 bits per heavy atom. The van der Waals surface area contributed by atoms with Crippen LogP contribution in [0.1, 0.15) is 40.5 Å². The Labute approximate surface area is 82.5 Å². The minimum Gasteiger partial charge on any atom is -0.314 e. The van der Waals surface area contributed by atoms with Crippen molar-refractivity contribution in [2.24, 2.45) is 5.92 Å². The van der Waals surface area contributed by atoms with Crippen molar-refractivity contribution in [2.45, 2.75) is 52.1 Å². The number of piperidine rings is 1. The van der Waals surface area contributed by atoms with Gasteiger partial charge in [0.15, 0.2) is 0 Å². The van der Waals surface area contributed by atoms with Crippen LogP contribution in [0.2, 0.25) is 0 Å². The Hall–Kier alpha value is -0.0800. The molecule has 0 aliphatic carbocycles. The summed E-state index contributed by atoms with van der Waals surface area (Å²) in [5, 5.41) is 7.07. The van der Waals surface area contributed by atoms with Crippen LogP contribution in [-0.2, 0) is 0 Å². The molecule has 1 aliphatic heterocycles. The van der Waals surface area contributed by atoms with E-state index in [0.717, 1.165) is 5.92 Å². The molecule has 0 radical (unpaired) electrons. The topological polar surface area (TPSA) is 24.1 Å². The summed E-state index contributed by atoms with van der Waals surface area (Å²) < 4.78 is 0. The van der Waals surface area contributed by atoms with E-state index >= 15 is 0 Å². The van der Waals surface area contributed by atoms with Crippen molar-refractivity contribution in [1.29, 1.82) is 0 Å². The standard InChI is InChI=1S/C11H24N2/c1-9-7-10(5-6-12-9)8-13-11(2,3)4/h9-10,12-13H,5-8H2,1-4H3. The van der Waals surface area contributed by atoms with Gasteiger partial charge >= 0.3 is 0 Å². The molecule has 2 nitrogen and oxygen atoms in total. The summed E-state index contributed by atoms with van der Waals surface area (Å²) in [4.78, 5) is 0. The van der Waals surface area contributed by atoms with Crippen LogP contribution in [0.25, 0.3) is 0 Å². The predicted octanol–water partition coefficient (Wildman–Crippen LogP) is 1.76. The van der Waals surface area contributed by atoms with Crippen LogP contribution in [-0.4, -0.2) is 24.7 Å². The number of rotatable bonds is 2. The Kier molecular flexibility index (Phi) is 3.74. The second-order valence-corrected chi connectivity index (χ2v) is 5.38. The molecule has 0 aromatic carbocycles. The zero-order valence-electron chi connectivity index (χ0n) is 9.48. The van der Waals surface area contributed by atoms with Crippen LogP contribution in [0.5, 0.6) is 0 Å². The van der Waals surface area contributed by atoms with Crippen LogP contribution in [0.4, 0.5) is 0 Å². The third-order valence-corrected chi connectivity index (χ3v) is 2.65. The third kappa shape index (κ3) is 4.63. The van der Waals surface area contributed by atoms with Gasteiger partial charge in [0.05, 0.1) is 0 Å². The first-order chi connectivity index (χ1) is 5.97. The van der Waals surface area contributed by atoms with Crippen LogP contribution in [0, 0.1) is 5.92 Å².